The highest BCUT2D eigenvalue weighted by Gasteiger charge is 2.27. The molecular weight excluding hydrogens is 428 g/mol. The van der Waals surface area contributed by atoms with Gasteiger partial charge in [0, 0.05) is 30.1 Å². The summed E-state index contributed by atoms with van der Waals surface area (Å²) in [5, 5.41) is 3.81. The molecule has 0 radical (unpaired) electrons. The Balaban J connectivity index is 1.83. The van der Waals surface area contributed by atoms with Crippen LogP contribution in [-0.2, 0) is 33.8 Å². The average Bonchev–Trinajstić information content (AvgIpc) is 3.12. The molecule has 1 amide bonds. The van der Waals surface area contributed by atoms with Crippen molar-refractivity contribution in [2.24, 2.45) is 5.92 Å². The minimum absolute atomic E-state index is 0.141. The Morgan fingerprint density at radius 1 is 1.00 bits per heavy atom. The molecule has 1 heterocycles. The van der Waals surface area contributed by atoms with E-state index in [1.165, 1.54) is 0 Å². The monoisotopic (exact) mass is 464 g/mol. The number of ether oxygens (including phenoxy) is 2. The van der Waals surface area contributed by atoms with Crippen molar-refractivity contribution in [1.82, 2.24) is 9.88 Å². The highest BCUT2D eigenvalue weighted by atomic mass is 16.6. The third kappa shape index (κ3) is 7.37. The summed E-state index contributed by atoms with van der Waals surface area (Å²) in [6.07, 6.45) is 2.80. The molecule has 0 spiro atoms. The lowest BCUT2D eigenvalue weighted by Gasteiger charge is -2.23. The Morgan fingerprint density at radius 3 is 2.35 bits per heavy atom. The number of esters is 1. The van der Waals surface area contributed by atoms with E-state index in [1.54, 1.807) is 20.8 Å². The third-order valence-electron chi connectivity index (χ3n) is 5.44. The van der Waals surface area contributed by atoms with Gasteiger partial charge in [0.1, 0.15) is 18.2 Å². The Morgan fingerprint density at radius 2 is 1.68 bits per heavy atom. The molecule has 0 bridgehead atoms. The highest BCUT2D eigenvalue weighted by molar-refractivity contribution is 5.86. The van der Waals surface area contributed by atoms with E-state index in [2.05, 4.69) is 42.1 Å². The predicted octanol–water partition coefficient (Wildman–Crippen LogP) is 5.87. The van der Waals surface area contributed by atoms with E-state index in [0.717, 1.165) is 35.0 Å². The van der Waals surface area contributed by atoms with Crippen molar-refractivity contribution in [3.8, 4) is 0 Å². The number of fused-ring (bicyclic) bond motifs is 1. The van der Waals surface area contributed by atoms with Crippen molar-refractivity contribution in [3.05, 3.63) is 71.9 Å². The SMILES string of the molecule is CC(C)CCn1cc(CC(NC(=O)OC(C)(C)C)C(=O)OCc2ccccc2)c2ccccc21. The number of nitrogens with zero attached hydrogens (tertiary/aromatic N) is 1. The van der Waals surface area contributed by atoms with Crippen LogP contribution in [0.1, 0.15) is 52.2 Å². The summed E-state index contributed by atoms with van der Waals surface area (Å²) in [5.41, 5.74) is 2.32. The van der Waals surface area contributed by atoms with Crippen molar-refractivity contribution in [2.75, 3.05) is 0 Å². The van der Waals surface area contributed by atoms with Crippen LogP contribution in [0.5, 0.6) is 0 Å². The number of nitrogens with one attached hydrogen (secondary N) is 1. The molecule has 2 aromatic carbocycles. The van der Waals surface area contributed by atoms with E-state index in [-0.39, 0.29) is 6.61 Å². The summed E-state index contributed by atoms with van der Waals surface area (Å²) in [4.78, 5) is 25.6. The Hall–Kier alpha value is -3.28. The molecule has 1 aromatic heterocycles. The normalized spacial score (nSPS) is 12.5. The molecule has 0 fully saturated rings. The summed E-state index contributed by atoms with van der Waals surface area (Å²) in [6.45, 7) is 10.8. The van der Waals surface area contributed by atoms with Gasteiger partial charge in [-0.2, -0.15) is 0 Å². The van der Waals surface area contributed by atoms with Crippen LogP contribution in [0, 0.1) is 5.92 Å². The molecule has 0 saturated carbocycles. The first-order valence-corrected chi connectivity index (χ1v) is 11.9. The van der Waals surface area contributed by atoms with Crippen molar-refractivity contribution in [2.45, 2.75) is 72.3 Å². The minimum atomic E-state index is -0.872. The lowest BCUT2D eigenvalue weighted by atomic mass is 10.1. The van der Waals surface area contributed by atoms with Gasteiger partial charge in [-0.15, -0.1) is 0 Å². The van der Waals surface area contributed by atoms with E-state index in [9.17, 15) is 9.59 Å². The molecule has 34 heavy (non-hydrogen) atoms. The van der Waals surface area contributed by atoms with Crippen LogP contribution >= 0.6 is 0 Å². The number of carbonyl (C=O) groups excluding carboxylic acids is 2. The summed E-state index contributed by atoms with van der Waals surface area (Å²) < 4.78 is 13.2. The zero-order valence-electron chi connectivity index (χ0n) is 20.8. The van der Waals surface area contributed by atoms with Gasteiger partial charge in [-0.3, -0.25) is 0 Å². The van der Waals surface area contributed by atoms with Gasteiger partial charge in [-0.05, 0) is 50.3 Å². The summed E-state index contributed by atoms with van der Waals surface area (Å²) in [5.74, 6) is 0.0906. The van der Waals surface area contributed by atoms with Gasteiger partial charge in [-0.1, -0.05) is 62.4 Å². The Kier molecular flexibility index (Phi) is 8.37. The maximum atomic E-state index is 13.1. The number of para-hydroxylation sites is 1. The number of rotatable bonds is 9. The Labute approximate surface area is 202 Å². The van der Waals surface area contributed by atoms with E-state index < -0.39 is 23.7 Å². The molecule has 182 valence electrons. The number of aryl methyl sites for hydroxylation is 1. The molecule has 0 saturated heterocycles. The predicted molar refractivity (Wildman–Crippen MR) is 134 cm³/mol. The van der Waals surface area contributed by atoms with Gasteiger partial charge < -0.3 is 19.4 Å². The quantitative estimate of drug-likeness (QED) is 0.402. The van der Waals surface area contributed by atoms with Gasteiger partial charge in [0.05, 0.1) is 0 Å². The fourth-order valence-electron chi connectivity index (χ4n) is 3.76. The first-order valence-electron chi connectivity index (χ1n) is 11.9. The van der Waals surface area contributed by atoms with Crippen molar-refractivity contribution < 1.29 is 19.1 Å². The minimum Gasteiger partial charge on any atom is -0.459 e. The maximum absolute atomic E-state index is 13.1. The molecule has 1 unspecified atom stereocenters. The third-order valence-corrected chi connectivity index (χ3v) is 5.44. The lowest BCUT2D eigenvalue weighted by molar-refractivity contribution is -0.147. The number of hydrogen-bond acceptors (Lipinski definition) is 4. The van der Waals surface area contributed by atoms with Crippen LogP contribution in [0.2, 0.25) is 0 Å². The second-order valence-corrected chi connectivity index (χ2v) is 10.0. The first-order chi connectivity index (χ1) is 16.1. The van der Waals surface area contributed by atoms with Crippen LogP contribution < -0.4 is 5.32 Å². The largest absolute Gasteiger partial charge is 0.459 e. The van der Waals surface area contributed by atoms with Gasteiger partial charge >= 0.3 is 12.1 Å². The first kappa shape index (κ1) is 25.3. The Bertz CT molecular complexity index is 1100. The number of amides is 1. The van der Waals surface area contributed by atoms with Crippen LogP contribution in [0.3, 0.4) is 0 Å². The summed E-state index contributed by atoms with van der Waals surface area (Å²) in [7, 11) is 0. The molecule has 1 N–H and O–H groups in total. The number of alkyl carbamates (subject to hydrolysis) is 1. The highest BCUT2D eigenvalue weighted by Crippen LogP contribution is 2.24. The zero-order valence-corrected chi connectivity index (χ0v) is 20.8. The molecule has 6 heteroatoms. The second-order valence-electron chi connectivity index (χ2n) is 10.0. The molecule has 0 aliphatic carbocycles. The standard InChI is InChI=1S/C28H36N2O4/c1-20(2)15-16-30-18-22(23-13-9-10-14-25(23)30)17-24(29-27(32)34-28(3,4)5)26(31)33-19-21-11-7-6-8-12-21/h6-14,18,20,24H,15-17,19H2,1-5H3,(H,29,32). The maximum Gasteiger partial charge on any atom is 0.408 e. The van der Waals surface area contributed by atoms with Crippen molar-refractivity contribution >= 4 is 23.0 Å². The lowest BCUT2D eigenvalue weighted by Crippen LogP contribution is -2.45. The fourth-order valence-corrected chi connectivity index (χ4v) is 3.76. The molecule has 1 atom stereocenters. The number of carbonyl (C=O) groups is 2. The van der Waals surface area contributed by atoms with Crippen LogP contribution in [-0.4, -0.2) is 28.3 Å². The van der Waals surface area contributed by atoms with Gasteiger partial charge in [0.15, 0.2) is 0 Å². The molecule has 0 aliphatic rings. The van der Waals surface area contributed by atoms with Crippen molar-refractivity contribution in [1.29, 1.82) is 0 Å². The summed E-state index contributed by atoms with van der Waals surface area (Å²) >= 11 is 0. The molecule has 0 aliphatic heterocycles. The van der Waals surface area contributed by atoms with Crippen LogP contribution in [0.4, 0.5) is 4.79 Å². The summed E-state index contributed by atoms with van der Waals surface area (Å²) in [6, 6.07) is 16.8. The van der Waals surface area contributed by atoms with Gasteiger partial charge in [-0.25, -0.2) is 9.59 Å². The molecule has 6 nitrogen and oxygen atoms in total. The number of benzene rings is 2. The van der Waals surface area contributed by atoms with Gasteiger partial charge in [0.25, 0.3) is 0 Å². The fraction of sp³-hybridized carbons (Fsp3) is 0.429. The van der Waals surface area contributed by atoms with E-state index in [1.807, 2.05) is 42.5 Å². The topological polar surface area (TPSA) is 69.6 Å². The van der Waals surface area contributed by atoms with Gasteiger partial charge in [0.2, 0.25) is 0 Å². The van der Waals surface area contributed by atoms with E-state index in [4.69, 9.17) is 9.47 Å². The van der Waals surface area contributed by atoms with E-state index in [0.29, 0.717) is 12.3 Å². The molecule has 3 aromatic rings. The van der Waals surface area contributed by atoms with E-state index >= 15 is 0 Å². The van der Waals surface area contributed by atoms with Crippen LogP contribution in [0.15, 0.2) is 60.8 Å². The van der Waals surface area contributed by atoms with Crippen LogP contribution in [0.25, 0.3) is 10.9 Å². The zero-order chi connectivity index (χ0) is 24.7. The molecule has 3 rings (SSSR count). The second kappa shape index (κ2) is 11.2. The molecular formula is C28H36N2O4. The number of hydrogen-bond donors (Lipinski definition) is 1. The number of aromatic nitrogens is 1. The average molecular weight is 465 g/mol. The smallest absolute Gasteiger partial charge is 0.408 e. The van der Waals surface area contributed by atoms with Crippen molar-refractivity contribution in [3.63, 3.8) is 0 Å².